The van der Waals surface area contributed by atoms with E-state index in [9.17, 15) is 9.59 Å². The minimum Gasteiger partial charge on any atom is -0.383 e. The predicted octanol–water partition coefficient (Wildman–Crippen LogP) is 4.25. The molecule has 0 aromatic heterocycles. The summed E-state index contributed by atoms with van der Waals surface area (Å²) in [5.74, 6) is -0.0501. The highest BCUT2D eigenvalue weighted by molar-refractivity contribution is 6.07. The zero-order chi connectivity index (χ0) is 24.7. The summed E-state index contributed by atoms with van der Waals surface area (Å²) in [7, 11) is 1.64. The Morgan fingerprint density at radius 1 is 0.889 bits per heavy atom. The number of carbonyl (C=O) groups excluding carboxylic acids is 2. The van der Waals surface area contributed by atoms with Crippen molar-refractivity contribution in [2.24, 2.45) is 0 Å². The van der Waals surface area contributed by atoms with Crippen LogP contribution < -0.4 is 0 Å². The molecule has 0 unspecified atom stereocenters. The molecule has 2 heterocycles. The zero-order valence-electron chi connectivity index (χ0n) is 20.9. The number of imide groups is 1. The molecule has 3 aromatic rings. The lowest BCUT2D eigenvalue weighted by Gasteiger charge is -2.44. The number of methoxy groups -OCH3 is 1. The standard InChI is InChI=1S/C30H33N3O3/c1-36-18-17-33-29(35)32(21-25-11-6-10-22-7-4-5-12-27(22)25)28(34)30(33)13-15-31(16-14-30)26-19-23-8-2-3-9-24(23)20-26/h2-12,26H,13-21H2,1H3. The Morgan fingerprint density at radius 3 is 2.28 bits per heavy atom. The van der Waals surface area contributed by atoms with E-state index >= 15 is 0 Å². The topological polar surface area (TPSA) is 53.1 Å². The smallest absolute Gasteiger partial charge is 0.328 e. The highest BCUT2D eigenvalue weighted by Gasteiger charge is 2.58. The van der Waals surface area contributed by atoms with Gasteiger partial charge in [-0.05, 0) is 53.1 Å². The van der Waals surface area contributed by atoms with E-state index in [-0.39, 0.29) is 11.9 Å². The Labute approximate surface area is 212 Å². The molecule has 0 saturated carbocycles. The predicted molar refractivity (Wildman–Crippen MR) is 140 cm³/mol. The molecule has 6 rings (SSSR count). The Bertz CT molecular complexity index is 1270. The molecule has 0 radical (unpaired) electrons. The average Bonchev–Trinajstić information content (AvgIpc) is 3.42. The number of hydrogen-bond acceptors (Lipinski definition) is 4. The van der Waals surface area contributed by atoms with Gasteiger partial charge in [-0.2, -0.15) is 0 Å². The van der Waals surface area contributed by atoms with Crippen LogP contribution in [0.25, 0.3) is 10.8 Å². The summed E-state index contributed by atoms with van der Waals surface area (Å²) in [6.45, 7) is 2.80. The van der Waals surface area contributed by atoms with E-state index in [1.165, 1.54) is 16.0 Å². The van der Waals surface area contributed by atoms with Crippen LogP contribution in [0.4, 0.5) is 4.79 Å². The van der Waals surface area contributed by atoms with Crippen LogP contribution in [0.2, 0.25) is 0 Å². The molecule has 186 valence electrons. The van der Waals surface area contributed by atoms with E-state index in [4.69, 9.17) is 4.74 Å². The van der Waals surface area contributed by atoms with Gasteiger partial charge in [0.25, 0.3) is 5.91 Å². The summed E-state index contributed by atoms with van der Waals surface area (Å²) in [5, 5.41) is 2.20. The highest BCUT2D eigenvalue weighted by atomic mass is 16.5. The summed E-state index contributed by atoms with van der Waals surface area (Å²) in [5.41, 5.74) is 3.11. The molecule has 0 atom stereocenters. The molecule has 6 nitrogen and oxygen atoms in total. The Balaban J connectivity index is 1.23. The number of hydrogen-bond donors (Lipinski definition) is 0. The summed E-state index contributed by atoms with van der Waals surface area (Å²) in [6, 6.07) is 23.2. The summed E-state index contributed by atoms with van der Waals surface area (Å²) < 4.78 is 5.34. The van der Waals surface area contributed by atoms with Crippen LogP contribution in [0.15, 0.2) is 66.7 Å². The van der Waals surface area contributed by atoms with Crippen LogP contribution in [-0.4, -0.2) is 71.6 Å². The molecule has 3 aliphatic rings. The molecule has 0 bridgehead atoms. The molecule has 1 aliphatic carbocycles. The molecule has 3 amide bonds. The number of benzene rings is 3. The molecule has 1 spiro atoms. The zero-order valence-corrected chi connectivity index (χ0v) is 20.9. The summed E-state index contributed by atoms with van der Waals surface area (Å²) in [6.07, 6.45) is 3.47. The third-order valence-electron chi connectivity index (χ3n) is 8.52. The monoisotopic (exact) mass is 483 g/mol. The van der Waals surface area contributed by atoms with E-state index in [0.29, 0.717) is 38.6 Å². The fourth-order valence-corrected chi connectivity index (χ4v) is 6.55. The number of amides is 3. The molecule has 6 heteroatoms. The van der Waals surface area contributed by atoms with Gasteiger partial charge in [-0.15, -0.1) is 0 Å². The third kappa shape index (κ3) is 3.80. The number of ether oxygens (including phenoxy) is 1. The van der Waals surface area contributed by atoms with Crippen molar-refractivity contribution < 1.29 is 14.3 Å². The van der Waals surface area contributed by atoms with E-state index in [0.717, 1.165) is 42.3 Å². The maximum Gasteiger partial charge on any atom is 0.328 e. The van der Waals surface area contributed by atoms with Crippen LogP contribution in [0.5, 0.6) is 0 Å². The number of piperidine rings is 1. The number of carbonyl (C=O) groups is 2. The van der Waals surface area contributed by atoms with Crippen molar-refractivity contribution in [1.29, 1.82) is 0 Å². The van der Waals surface area contributed by atoms with Crippen molar-refractivity contribution in [3.63, 3.8) is 0 Å². The Hall–Kier alpha value is -3.22. The minimum atomic E-state index is -0.776. The second-order valence-corrected chi connectivity index (χ2v) is 10.4. The number of urea groups is 1. The maximum atomic E-state index is 14.0. The van der Waals surface area contributed by atoms with Crippen molar-refractivity contribution in [3.8, 4) is 0 Å². The van der Waals surface area contributed by atoms with Gasteiger partial charge in [-0.1, -0.05) is 66.7 Å². The van der Waals surface area contributed by atoms with E-state index < -0.39 is 5.54 Å². The SMILES string of the molecule is COCCN1C(=O)N(Cc2cccc3ccccc23)C(=O)C12CCN(C1Cc3ccccc3C1)CC2. The Kier molecular flexibility index (Phi) is 6.02. The largest absolute Gasteiger partial charge is 0.383 e. The van der Waals surface area contributed by atoms with Gasteiger partial charge in [0.15, 0.2) is 0 Å². The number of likely N-dealkylation sites (tertiary alicyclic amines) is 1. The van der Waals surface area contributed by atoms with Crippen molar-refractivity contribution in [2.75, 3.05) is 33.4 Å². The lowest BCUT2D eigenvalue weighted by Crippen LogP contribution is -2.58. The van der Waals surface area contributed by atoms with Crippen LogP contribution >= 0.6 is 0 Å². The van der Waals surface area contributed by atoms with Gasteiger partial charge < -0.3 is 9.64 Å². The van der Waals surface area contributed by atoms with E-state index in [1.807, 2.05) is 29.2 Å². The number of fused-ring (bicyclic) bond motifs is 2. The minimum absolute atomic E-state index is 0.0501. The maximum absolute atomic E-state index is 14.0. The third-order valence-corrected chi connectivity index (χ3v) is 8.52. The van der Waals surface area contributed by atoms with Gasteiger partial charge in [-0.3, -0.25) is 14.6 Å². The van der Waals surface area contributed by atoms with Gasteiger partial charge >= 0.3 is 6.03 Å². The van der Waals surface area contributed by atoms with Gasteiger partial charge in [0.2, 0.25) is 0 Å². The summed E-state index contributed by atoms with van der Waals surface area (Å²) >= 11 is 0. The van der Waals surface area contributed by atoms with Crippen LogP contribution in [0.3, 0.4) is 0 Å². The lowest BCUT2D eigenvalue weighted by atomic mass is 9.85. The van der Waals surface area contributed by atoms with E-state index in [1.54, 1.807) is 7.11 Å². The van der Waals surface area contributed by atoms with Crippen LogP contribution in [0, 0.1) is 0 Å². The molecule has 36 heavy (non-hydrogen) atoms. The van der Waals surface area contributed by atoms with Crippen molar-refractivity contribution in [3.05, 3.63) is 83.4 Å². The molecule has 3 aromatic carbocycles. The summed E-state index contributed by atoms with van der Waals surface area (Å²) in [4.78, 5) is 33.5. The van der Waals surface area contributed by atoms with Crippen molar-refractivity contribution >= 4 is 22.7 Å². The quantitative estimate of drug-likeness (QED) is 0.492. The normalized spacial score (nSPS) is 20.1. The molecular weight excluding hydrogens is 450 g/mol. The molecule has 0 N–H and O–H groups in total. The second kappa shape index (κ2) is 9.34. The first-order valence-corrected chi connectivity index (χ1v) is 13.0. The first-order chi connectivity index (χ1) is 17.6. The average molecular weight is 484 g/mol. The van der Waals surface area contributed by atoms with Crippen LogP contribution in [0.1, 0.15) is 29.5 Å². The van der Waals surface area contributed by atoms with Gasteiger partial charge in [-0.25, -0.2) is 4.79 Å². The number of nitrogens with zero attached hydrogens (tertiary/aromatic N) is 3. The molecular formula is C30H33N3O3. The Morgan fingerprint density at radius 2 is 1.56 bits per heavy atom. The highest BCUT2D eigenvalue weighted by Crippen LogP contribution is 2.40. The second-order valence-electron chi connectivity index (χ2n) is 10.4. The molecule has 2 fully saturated rings. The molecule has 2 saturated heterocycles. The lowest BCUT2D eigenvalue weighted by molar-refractivity contribution is -0.136. The fraction of sp³-hybridized carbons (Fsp3) is 0.400. The van der Waals surface area contributed by atoms with Gasteiger partial charge in [0, 0.05) is 32.8 Å². The van der Waals surface area contributed by atoms with E-state index in [2.05, 4.69) is 47.4 Å². The van der Waals surface area contributed by atoms with Crippen molar-refractivity contribution in [2.45, 2.75) is 43.8 Å². The first-order valence-electron chi connectivity index (χ1n) is 13.0. The number of rotatable bonds is 6. The van der Waals surface area contributed by atoms with Crippen LogP contribution in [-0.2, 0) is 28.9 Å². The van der Waals surface area contributed by atoms with Gasteiger partial charge in [0.05, 0.1) is 13.2 Å². The molecule has 2 aliphatic heterocycles. The fourth-order valence-electron chi connectivity index (χ4n) is 6.55. The van der Waals surface area contributed by atoms with Gasteiger partial charge in [0.1, 0.15) is 5.54 Å². The first kappa shape index (κ1) is 23.2. The van der Waals surface area contributed by atoms with Crippen molar-refractivity contribution in [1.82, 2.24) is 14.7 Å².